The molecule has 0 radical (unpaired) electrons. The molecule has 0 aromatic rings. The first kappa shape index (κ1) is 32.1. The van der Waals surface area contributed by atoms with E-state index in [0.29, 0.717) is 43.5 Å². The van der Waals surface area contributed by atoms with Crippen molar-refractivity contribution < 1.29 is 28.7 Å². The summed E-state index contributed by atoms with van der Waals surface area (Å²) in [6.45, 7) is 13.4. The molecule has 7 nitrogen and oxygen atoms in total. The summed E-state index contributed by atoms with van der Waals surface area (Å²) in [5, 5.41) is 2.80. The van der Waals surface area contributed by atoms with Gasteiger partial charge in [0.2, 0.25) is 5.91 Å². The lowest BCUT2D eigenvalue weighted by molar-refractivity contribution is -0.133. The first-order chi connectivity index (χ1) is 15.4. The van der Waals surface area contributed by atoms with E-state index in [9.17, 15) is 19.2 Å². The van der Waals surface area contributed by atoms with Crippen LogP contribution in [0.4, 0.5) is 0 Å². The zero-order valence-electron chi connectivity index (χ0n) is 21.3. The highest BCUT2D eigenvalue weighted by molar-refractivity contribution is 14.1. The number of carbonyl (C=O) groups is 4. The number of ketones is 3. The van der Waals surface area contributed by atoms with Crippen LogP contribution in [0.2, 0.25) is 0 Å². The molecule has 1 amide bonds. The molecule has 0 spiro atoms. The number of halogens is 1. The van der Waals surface area contributed by atoms with Crippen molar-refractivity contribution in [3.63, 3.8) is 0 Å². The Kier molecular flexibility index (Phi) is 17.1. The van der Waals surface area contributed by atoms with Gasteiger partial charge in [0.15, 0.2) is 5.78 Å². The molecule has 0 aromatic heterocycles. The summed E-state index contributed by atoms with van der Waals surface area (Å²) in [6, 6.07) is -0.556. The number of ether oxygens (including phenoxy) is 2. The lowest BCUT2D eigenvalue weighted by Gasteiger charge is -2.23. The number of carbonyl (C=O) groups excluding carboxylic acids is 4. The van der Waals surface area contributed by atoms with Crippen LogP contribution in [-0.4, -0.2) is 60.2 Å². The van der Waals surface area contributed by atoms with Crippen LogP contribution in [0, 0.1) is 17.3 Å². The van der Waals surface area contributed by atoms with Gasteiger partial charge >= 0.3 is 0 Å². The maximum atomic E-state index is 12.7. The molecular weight excluding hydrogens is 537 g/mol. The average molecular weight is 582 g/mol. The summed E-state index contributed by atoms with van der Waals surface area (Å²) < 4.78 is 11.4. The Morgan fingerprint density at radius 2 is 1.45 bits per heavy atom. The Bertz CT molecular complexity index is 615. The molecule has 0 aliphatic rings. The van der Waals surface area contributed by atoms with Crippen molar-refractivity contribution in [2.24, 2.45) is 17.3 Å². The quantitative estimate of drug-likeness (QED) is 0.139. The van der Waals surface area contributed by atoms with Crippen LogP contribution in [0.15, 0.2) is 0 Å². The zero-order valence-corrected chi connectivity index (χ0v) is 23.5. The molecule has 2 atom stereocenters. The molecule has 1 N–H and O–H groups in total. The van der Waals surface area contributed by atoms with Crippen LogP contribution in [0.3, 0.4) is 0 Å². The van der Waals surface area contributed by atoms with Gasteiger partial charge in [-0.2, -0.15) is 0 Å². The van der Waals surface area contributed by atoms with E-state index in [1.54, 1.807) is 6.92 Å². The van der Waals surface area contributed by atoms with Gasteiger partial charge in [-0.3, -0.25) is 19.2 Å². The van der Waals surface area contributed by atoms with Crippen molar-refractivity contribution in [1.82, 2.24) is 5.32 Å². The van der Waals surface area contributed by atoms with E-state index in [4.69, 9.17) is 9.47 Å². The highest BCUT2D eigenvalue weighted by Gasteiger charge is 2.27. The second-order valence-electron chi connectivity index (χ2n) is 10.1. The minimum atomic E-state index is -0.556. The predicted molar refractivity (Wildman–Crippen MR) is 139 cm³/mol. The Labute approximate surface area is 213 Å². The van der Waals surface area contributed by atoms with Crippen molar-refractivity contribution in [1.29, 1.82) is 0 Å². The summed E-state index contributed by atoms with van der Waals surface area (Å²) in [5.74, 6) is -0.523. The monoisotopic (exact) mass is 581 g/mol. The summed E-state index contributed by atoms with van der Waals surface area (Å²) in [5.41, 5.74) is 0.0648. The predicted octanol–water partition coefficient (Wildman–Crippen LogP) is 4.33. The second kappa shape index (κ2) is 17.5. The zero-order chi connectivity index (χ0) is 25.4. The van der Waals surface area contributed by atoms with Crippen molar-refractivity contribution in [2.45, 2.75) is 86.1 Å². The van der Waals surface area contributed by atoms with Gasteiger partial charge in [-0.25, -0.2) is 0 Å². The summed E-state index contributed by atoms with van der Waals surface area (Å²) in [6.07, 6.45) is 2.81. The van der Waals surface area contributed by atoms with Crippen LogP contribution < -0.4 is 5.32 Å². The van der Waals surface area contributed by atoms with Gasteiger partial charge < -0.3 is 14.8 Å². The third kappa shape index (κ3) is 17.3. The van der Waals surface area contributed by atoms with Crippen LogP contribution >= 0.6 is 22.6 Å². The van der Waals surface area contributed by atoms with Crippen LogP contribution in [0.1, 0.15) is 80.1 Å². The molecule has 0 unspecified atom stereocenters. The fraction of sp³-hybridized carbons (Fsp3) is 0.840. The maximum absolute atomic E-state index is 12.7. The fourth-order valence-corrected chi connectivity index (χ4v) is 3.42. The first-order valence-electron chi connectivity index (χ1n) is 11.9. The highest BCUT2D eigenvalue weighted by Crippen LogP contribution is 2.21. The highest BCUT2D eigenvalue weighted by atomic mass is 127. The SMILES string of the molecule is CC(C)[C@H](CC(=O)CCOCCOCCCC(=O)CI)C(=O)N[C@@H](C)C(=O)CCC(C)(C)C. The van der Waals surface area contributed by atoms with E-state index < -0.39 is 12.0 Å². The van der Waals surface area contributed by atoms with Gasteiger partial charge in [-0.1, -0.05) is 57.2 Å². The minimum Gasteiger partial charge on any atom is -0.379 e. The molecule has 0 bridgehead atoms. The standard InChI is InChI=1S/C25H44INO6/c1-18(2)22(24(31)27-19(3)23(30)9-11-25(4,5)6)16-20(28)10-13-33-15-14-32-12-7-8-21(29)17-26/h18-19,22H,7-17H2,1-6H3,(H,27,31)/t19-,22-/m0/s1. The Morgan fingerprint density at radius 3 is 2.00 bits per heavy atom. The largest absolute Gasteiger partial charge is 0.379 e. The smallest absolute Gasteiger partial charge is 0.224 e. The first-order valence-corrected chi connectivity index (χ1v) is 13.5. The van der Waals surface area contributed by atoms with Crippen LogP contribution in [0.5, 0.6) is 0 Å². The molecule has 0 aliphatic heterocycles. The van der Waals surface area contributed by atoms with Crippen molar-refractivity contribution in [3.05, 3.63) is 0 Å². The number of alkyl halides is 1. The Hall–Kier alpha value is -0.870. The normalized spacial score (nSPS) is 13.6. The van der Waals surface area contributed by atoms with Gasteiger partial charge in [0.1, 0.15) is 11.6 Å². The van der Waals surface area contributed by atoms with Crippen LogP contribution in [-0.2, 0) is 28.7 Å². The van der Waals surface area contributed by atoms with Gasteiger partial charge in [0.25, 0.3) is 0 Å². The van der Waals surface area contributed by atoms with E-state index in [2.05, 4.69) is 48.7 Å². The summed E-state index contributed by atoms with van der Waals surface area (Å²) in [4.78, 5) is 48.6. The third-order valence-corrected chi connectivity index (χ3v) is 6.19. The molecular formula is C25H44INO6. The van der Waals surface area contributed by atoms with Gasteiger partial charge in [0, 0.05) is 38.2 Å². The van der Waals surface area contributed by atoms with Crippen molar-refractivity contribution in [3.8, 4) is 0 Å². The number of Topliss-reactive ketones (excluding diaryl/α,β-unsaturated/α-hetero) is 3. The molecule has 0 saturated heterocycles. The van der Waals surface area contributed by atoms with E-state index >= 15 is 0 Å². The van der Waals surface area contributed by atoms with E-state index in [1.165, 1.54) is 0 Å². The Morgan fingerprint density at radius 1 is 0.848 bits per heavy atom. The fourth-order valence-electron chi connectivity index (χ4n) is 3.04. The second-order valence-corrected chi connectivity index (χ2v) is 10.9. The number of nitrogens with one attached hydrogen (secondary N) is 1. The van der Waals surface area contributed by atoms with Gasteiger partial charge in [0.05, 0.1) is 30.3 Å². The van der Waals surface area contributed by atoms with Crippen molar-refractivity contribution >= 4 is 45.8 Å². The molecule has 192 valence electrons. The number of amides is 1. The molecule has 0 heterocycles. The lowest BCUT2D eigenvalue weighted by atomic mass is 9.87. The maximum Gasteiger partial charge on any atom is 0.224 e. The molecule has 33 heavy (non-hydrogen) atoms. The van der Waals surface area contributed by atoms with E-state index in [-0.39, 0.29) is 54.0 Å². The molecule has 0 aromatic carbocycles. The third-order valence-electron chi connectivity index (χ3n) is 5.34. The van der Waals surface area contributed by atoms with E-state index in [0.717, 1.165) is 6.42 Å². The average Bonchev–Trinajstić information content (AvgIpc) is 2.73. The Balaban J connectivity index is 4.21. The molecule has 0 aliphatic carbocycles. The molecule has 0 saturated carbocycles. The summed E-state index contributed by atoms with van der Waals surface area (Å²) >= 11 is 2.06. The number of rotatable bonds is 19. The van der Waals surface area contributed by atoms with Gasteiger partial charge in [-0.15, -0.1) is 0 Å². The topological polar surface area (TPSA) is 98.8 Å². The van der Waals surface area contributed by atoms with Crippen LogP contribution in [0.25, 0.3) is 0 Å². The van der Waals surface area contributed by atoms with Gasteiger partial charge in [-0.05, 0) is 31.1 Å². The van der Waals surface area contributed by atoms with Crippen molar-refractivity contribution in [2.75, 3.05) is 30.9 Å². The number of hydrogen-bond donors (Lipinski definition) is 1. The number of hydrogen-bond acceptors (Lipinski definition) is 6. The molecule has 0 fully saturated rings. The molecule has 0 rings (SSSR count). The summed E-state index contributed by atoms with van der Waals surface area (Å²) in [7, 11) is 0. The van der Waals surface area contributed by atoms with E-state index in [1.807, 2.05) is 13.8 Å². The lowest BCUT2D eigenvalue weighted by Crippen LogP contribution is -2.43. The minimum absolute atomic E-state index is 0.0133. The molecule has 8 heteroatoms.